The smallest absolute Gasteiger partial charge is 0.317 e. The Morgan fingerprint density at radius 2 is 1.90 bits per heavy atom. The number of rotatable bonds is 4. The van der Waals surface area contributed by atoms with Gasteiger partial charge in [0, 0.05) is 42.3 Å². The average molecular weight is 316 g/mol. The van der Waals surface area contributed by atoms with Gasteiger partial charge in [0.05, 0.1) is 5.25 Å². The van der Waals surface area contributed by atoms with Crippen molar-refractivity contribution in [3.8, 4) is 0 Å². The molecule has 1 heterocycles. The molecule has 0 aromatic heterocycles. The van der Waals surface area contributed by atoms with Crippen LogP contribution in [0.4, 0.5) is 4.79 Å². The molecule has 1 saturated carbocycles. The van der Waals surface area contributed by atoms with Crippen molar-refractivity contribution in [1.29, 1.82) is 0 Å². The Morgan fingerprint density at radius 3 is 2.52 bits per heavy atom. The lowest BCUT2D eigenvalue weighted by atomic mass is 9.94. The van der Waals surface area contributed by atoms with Crippen LogP contribution < -0.4 is 5.32 Å². The maximum absolute atomic E-state index is 12.4. The summed E-state index contributed by atoms with van der Waals surface area (Å²) in [5.41, 5.74) is 0. The summed E-state index contributed by atoms with van der Waals surface area (Å²) in [7, 11) is -0.838. The van der Waals surface area contributed by atoms with E-state index in [2.05, 4.69) is 5.32 Å². The minimum absolute atomic E-state index is 0.0172. The molecule has 6 heteroatoms. The lowest BCUT2D eigenvalue weighted by Crippen LogP contribution is -2.53. The second-order valence-electron chi connectivity index (χ2n) is 6.16. The number of hydrogen-bond donors (Lipinski definition) is 2. The first-order chi connectivity index (χ1) is 10.2. The number of carbonyl (C=O) groups excluding carboxylic acids is 1. The van der Waals surface area contributed by atoms with Gasteiger partial charge in [-0.1, -0.05) is 19.8 Å². The molecule has 1 aliphatic carbocycles. The minimum Gasteiger partial charge on any atom is -0.396 e. The van der Waals surface area contributed by atoms with Crippen LogP contribution in [0.2, 0.25) is 0 Å². The van der Waals surface area contributed by atoms with Crippen molar-refractivity contribution < 1.29 is 14.1 Å². The van der Waals surface area contributed by atoms with Crippen LogP contribution in [-0.2, 0) is 10.8 Å². The van der Waals surface area contributed by atoms with Crippen molar-refractivity contribution in [2.75, 3.05) is 25.4 Å². The number of amides is 2. The van der Waals surface area contributed by atoms with Crippen LogP contribution in [0.15, 0.2) is 0 Å². The topological polar surface area (TPSA) is 69.6 Å². The fraction of sp³-hybridized carbons (Fsp3) is 0.933. The highest BCUT2D eigenvalue weighted by Gasteiger charge is 2.32. The molecule has 5 nitrogen and oxygen atoms in total. The molecule has 1 aliphatic heterocycles. The summed E-state index contributed by atoms with van der Waals surface area (Å²) in [5.74, 6) is 1.00. The molecule has 1 saturated heterocycles. The number of aliphatic hydroxyl groups excluding tert-OH is 1. The molecule has 0 aromatic rings. The summed E-state index contributed by atoms with van der Waals surface area (Å²) in [5, 5.41) is 12.4. The zero-order valence-electron chi connectivity index (χ0n) is 12.9. The molecule has 3 unspecified atom stereocenters. The van der Waals surface area contributed by atoms with E-state index in [0.29, 0.717) is 24.8 Å². The van der Waals surface area contributed by atoms with E-state index >= 15 is 0 Å². The predicted molar refractivity (Wildman–Crippen MR) is 84.6 cm³/mol. The number of urea groups is 1. The van der Waals surface area contributed by atoms with Crippen molar-refractivity contribution >= 4 is 16.8 Å². The van der Waals surface area contributed by atoms with Gasteiger partial charge in [-0.15, -0.1) is 0 Å². The van der Waals surface area contributed by atoms with Gasteiger partial charge in [0.15, 0.2) is 0 Å². The molecule has 2 amide bonds. The molecule has 0 radical (unpaired) electrons. The Morgan fingerprint density at radius 1 is 1.24 bits per heavy atom. The fourth-order valence-electron chi connectivity index (χ4n) is 3.36. The van der Waals surface area contributed by atoms with E-state index in [-0.39, 0.29) is 23.9 Å². The van der Waals surface area contributed by atoms with Gasteiger partial charge in [0.25, 0.3) is 0 Å². The van der Waals surface area contributed by atoms with Crippen molar-refractivity contribution in [2.24, 2.45) is 5.92 Å². The van der Waals surface area contributed by atoms with E-state index in [1.54, 1.807) is 0 Å². The van der Waals surface area contributed by atoms with Gasteiger partial charge in [-0.25, -0.2) is 4.79 Å². The molecule has 0 spiro atoms. The summed E-state index contributed by atoms with van der Waals surface area (Å²) < 4.78 is 12.1. The summed E-state index contributed by atoms with van der Waals surface area (Å²) in [6.45, 7) is 3.59. The number of carbonyl (C=O) groups is 1. The molecule has 0 bridgehead atoms. The maximum atomic E-state index is 12.4. The first-order valence-corrected chi connectivity index (χ1v) is 9.57. The highest BCUT2D eigenvalue weighted by atomic mass is 32.2. The molecular weight excluding hydrogens is 288 g/mol. The Hall–Kier alpha value is -0.620. The van der Waals surface area contributed by atoms with Crippen LogP contribution in [-0.4, -0.2) is 57.0 Å². The average Bonchev–Trinajstić information content (AvgIpc) is 2.54. The van der Waals surface area contributed by atoms with Gasteiger partial charge < -0.3 is 15.3 Å². The van der Waals surface area contributed by atoms with Gasteiger partial charge in [-0.05, 0) is 31.6 Å². The van der Waals surface area contributed by atoms with E-state index in [4.69, 9.17) is 5.11 Å². The molecular formula is C15H28N2O3S. The fourth-order valence-corrected chi connectivity index (χ4v) is 4.79. The molecule has 2 N–H and O–H groups in total. The van der Waals surface area contributed by atoms with Crippen LogP contribution in [0, 0.1) is 5.92 Å². The summed E-state index contributed by atoms with van der Waals surface area (Å²) in [4.78, 5) is 14.2. The number of hydrogen-bond acceptors (Lipinski definition) is 3. The van der Waals surface area contributed by atoms with Crippen LogP contribution in [0.5, 0.6) is 0 Å². The zero-order chi connectivity index (χ0) is 15.2. The lowest BCUT2D eigenvalue weighted by Gasteiger charge is -2.36. The van der Waals surface area contributed by atoms with Crippen molar-refractivity contribution in [2.45, 2.75) is 56.7 Å². The molecule has 3 atom stereocenters. The summed E-state index contributed by atoms with van der Waals surface area (Å²) >= 11 is 0. The molecule has 21 heavy (non-hydrogen) atoms. The Balaban J connectivity index is 1.87. The first-order valence-electron chi connectivity index (χ1n) is 8.19. The molecule has 2 rings (SSSR count). The number of nitrogens with zero attached hydrogens (tertiary/aromatic N) is 1. The summed E-state index contributed by atoms with van der Waals surface area (Å²) in [6.07, 6.45) is 5.87. The van der Waals surface area contributed by atoms with Crippen LogP contribution in [0.1, 0.15) is 45.4 Å². The number of nitrogens with one attached hydrogen (secondary N) is 1. The van der Waals surface area contributed by atoms with E-state index < -0.39 is 10.8 Å². The van der Waals surface area contributed by atoms with Gasteiger partial charge >= 0.3 is 6.03 Å². The third kappa shape index (κ3) is 4.42. The quantitative estimate of drug-likeness (QED) is 0.825. The highest BCUT2D eigenvalue weighted by Crippen LogP contribution is 2.24. The van der Waals surface area contributed by atoms with Gasteiger partial charge in [-0.3, -0.25) is 4.21 Å². The Kier molecular flexibility index (Phi) is 6.48. The highest BCUT2D eigenvalue weighted by molar-refractivity contribution is 7.85. The van der Waals surface area contributed by atoms with E-state index in [9.17, 15) is 9.00 Å². The number of piperidine rings is 1. The maximum Gasteiger partial charge on any atom is 0.317 e. The SMILES string of the molecule is CCS(=O)C1CCCCC1NC(=O)N1CCC(CO)CC1. The second-order valence-corrected chi connectivity index (χ2v) is 8.11. The van der Waals surface area contributed by atoms with Crippen molar-refractivity contribution in [3.63, 3.8) is 0 Å². The van der Waals surface area contributed by atoms with Crippen LogP contribution in [0.25, 0.3) is 0 Å². The molecule has 122 valence electrons. The number of aliphatic hydroxyl groups is 1. The van der Waals surface area contributed by atoms with E-state index in [1.165, 1.54) is 0 Å². The van der Waals surface area contributed by atoms with Crippen molar-refractivity contribution in [3.05, 3.63) is 0 Å². The normalized spacial score (nSPS) is 29.1. The van der Waals surface area contributed by atoms with Crippen LogP contribution in [0.3, 0.4) is 0 Å². The number of likely N-dealkylation sites (tertiary alicyclic amines) is 1. The zero-order valence-corrected chi connectivity index (χ0v) is 13.7. The first kappa shape index (κ1) is 16.7. The molecule has 2 aliphatic rings. The van der Waals surface area contributed by atoms with Crippen molar-refractivity contribution in [1.82, 2.24) is 10.2 Å². The third-order valence-corrected chi connectivity index (χ3v) is 6.60. The largest absolute Gasteiger partial charge is 0.396 e. The summed E-state index contributed by atoms with van der Waals surface area (Å²) in [6, 6.07) is 0.0407. The van der Waals surface area contributed by atoms with E-state index in [1.807, 2.05) is 11.8 Å². The standard InChI is InChI=1S/C15H28N2O3S/c1-2-21(20)14-6-4-3-5-13(14)16-15(19)17-9-7-12(11-18)8-10-17/h12-14,18H,2-11H2,1H3,(H,16,19). The second kappa shape index (κ2) is 8.13. The monoisotopic (exact) mass is 316 g/mol. The van der Waals surface area contributed by atoms with Gasteiger partial charge in [0.1, 0.15) is 0 Å². The molecule has 2 fully saturated rings. The van der Waals surface area contributed by atoms with Crippen LogP contribution >= 0.6 is 0 Å². The Labute approximate surface area is 129 Å². The Bertz CT molecular complexity index is 370. The van der Waals surface area contributed by atoms with E-state index in [0.717, 1.165) is 38.5 Å². The lowest BCUT2D eigenvalue weighted by molar-refractivity contribution is 0.134. The predicted octanol–water partition coefficient (Wildman–Crippen LogP) is 1.48. The molecule has 0 aromatic carbocycles. The van der Waals surface area contributed by atoms with Gasteiger partial charge in [0.2, 0.25) is 0 Å². The van der Waals surface area contributed by atoms with Gasteiger partial charge in [-0.2, -0.15) is 0 Å². The third-order valence-electron chi connectivity index (χ3n) is 4.79. The minimum atomic E-state index is -0.838.